The smallest absolute Gasteiger partial charge is 0.144 e. The summed E-state index contributed by atoms with van der Waals surface area (Å²) in [4.78, 5) is 0. The zero-order valence-electron chi connectivity index (χ0n) is 5.95. The van der Waals surface area contributed by atoms with Crippen molar-refractivity contribution < 1.29 is 4.74 Å². The maximum atomic E-state index is 5.40. The monoisotopic (exact) mass is 137 g/mol. The Bertz CT molecular complexity index is 184. The molecule has 0 fully saturated rings. The fraction of sp³-hybridized carbons (Fsp3) is 0.250. The van der Waals surface area contributed by atoms with Crippen molar-refractivity contribution in [1.82, 2.24) is 0 Å². The molecule has 1 aromatic rings. The lowest BCUT2D eigenvalue weighted by Crippen LogP contribution is -2.22. The van der Waals surface area contributed by atoms with Gasteiger partial charge < -0.3 is 4.74 Å². The fourth-order valence-electron chi connectivity index (χ4n) is 0.714. The lowest BCUT2D eigenvalue weighted by molar-refractivity contribution is 0.230. The van der Waals surface area contributed by atoms with Crippen molar-refractivity contribution in [2.45, 2.75) is 13.2 Å². The fourth-order valence-corrected chi connectivity index (χ4v) is 0.714. The van der Waals surface area contributed by atoms with Crippen LogP contribution >= 0.6 is 0 Å². The van der Waals surface area contributed by atoms with Crippen molar-refractivity contribution in [2.75, 3.05) is 0 Å². The Hall–Kier alpha value is -1.02. The van der Waals surface area contributed by atoms with Crippen LogP contribution in [0.15, 0.2) is 30.3 Å². The summed E-state index contributed by atoms with van der Waals surface area (Å²) in [5.74, 6) is 0.817. The number of ether oxygens (including phenoxy) is 1. The van der Waals surface area contributed by atoms with Gasteiger partial charge in [-0.25, -0.2) is 0 Å². The highest BCUT2D eigenvalue weighted by Crippen LogP contribution is 2.08. The van der Waals surface area contributed by atoms with E-state index in [-0.39, 0.29) is 6.23 Å². The molecule has 0 aromatic heterocycles. The van der Waals surface area contributed by atoms with Gasteiger partial charge in [0.05, 0.1) is 0 Å². The topological polar surface area (TPSA) is 35.2 Å². The number of rotatable bonds is 2. The van der Waals surface area contributed by atoms with Crippen LogP contribution < -0.4 is 10.5 Å². The van der Waals surface area contributed by atoms with E-state index in [1.807, 2.05) is 30.3 Å². The molecule has 1 atom stereocenters. The van der Waals surface area contributed by atoms with Crippen molar-refractivity contribution in [3.63, 3.8) is 0 Å². The molecule has 0 spiro atoms. The Labute approximate surface area is 60.6 Å². The largest absolute Gasteiger partial charge is 0.476 e. The molecule has 2 heteroatoms. The summed E-state index contributed by atoms with van der Waals surface area (Å²) in [5, 5.41) is 0. The zero-order valence-corrected chi connectivity index (χ0v) is 5.95. The van der Waals surface area contributed by atoms with E-state index in [9.17, 15) is 0 Å². The van der Waals surface area contributed by atoms with Crippen LogP contribution in [0, 0.1) is 0 Å². The Morgan fingerprint density at radius 3 is 2.40 bits per heavy atom. The Morgan fingerprint density at radius 2 is 1.90 bits per heavy atom. The van der Waals surface area contributed by atoms with Crippen molar-refractivity contribution in [3.05, 3.63) is 30.3 Å². The minimum atomic E-state index is -0.234. The predicted octanol–water partition coefficient (Wildman–Crippen LogP) is 1.37. The van der Waals surface area contributed by atoms with Crippen molar-refractivity contribution >= 4 is 0 Å². The van der Waals surface area contributed by atoms with Crippen LogP contribution in [-0.2, 0) is 0 Å². The number of hydrogen-bond acceptors (Lipinski definition) is 2. The summed E-state index contributed by atoms with van der Waals surface area (Å²) >= 11 is 0. The highest BCUT2D eigenvalue weighted by atomic mass is 16.5. The summed E-state index contributed by atoms with van der Waals surface area (Å²) in [5.41, 5.74) is 5.40. The standard InChI is InChI=1S/C8H11NO/c1-7(9)10-8-5-3-2-4-6-8/h2-7H,9H2,1H3/t7-/m1/s1. The quantitative estimate of drug-likeness (QED) is 0.625. The molecule has 1 rings (SSSR count). The molecule has 0 amide bonds. The molecule has 0 aliphatic heterocycles. The molecule has 0 aliphatic carbocycles. The van der Waals surface area contributed by atoms with E-state index >= 15 is 0 Å². The van der Waals surface area contributed by atoms with Gasteiger partial charge in [0.25, 0.3) is 0 Å². The summed E-state index contributed by atoms with van der Waals surface area (Å²) in [7, 11) is 0. The first kappa shape index (κ1) is 7.09. The maximum absolute atomic E-state index is 5.40. The van der Waals surface area contributed by atoms with Gasteiger partial charge in [0.15, 0.2) is 0 Å². The second-order valence-corrected chi connectivity index (χ2v) is 2.14. The van der Waals surface area contributed by atoms with Gasteiger partial charge >= 0.3 is 0 Å². The van der Waals surface area contributed by atoms with Crippen LogP contribution in [0.3, 0.4) is 0 Å². The third-order valence-electron chi connectivity index (χ3n) is 1.07. The second kappa shape index (κ2) is 3.22. The molecule has 54 valence electrons. The van der Waals surface area contributed by atoms with Crippen molar-refractivity contribution in [3.8, 4) is 5.75 Å². The molecule has 2 nitrogen and oxygen atoms in total. The molecule has 0 heterocycles. The molecule has 2 N–H and O–H groups in total. The van der Waals surface area contributed by atoms with E-state index in [4.69, 9.17) is 10.5 Å². The Morgan fingerprint density at radius 1 is 1.30 bits per heavy atom. The number of hydrogen-bond donors (Lipinski definition) is 1. The van der Waals surface area contributed by atoms with Gasteiger partial charge in [0.1, 0.15) is 12.0 Å². The summed E-state index contributed by atoms with van der Waals surface area (Å²) in [6.07, 6.45) is -0.234. The van der Waals surface area contributed by atoms with Crippen molar-refractivity contribution in [2.24, 2.45) is 5.73 Å². The van der Waals surface area contributed by atoms with E-state index in [2.05, 4.69) is 0 Å². The molecule has 0 unspecified atom stereocenters. The molecule has 0 radical (unpaired) electrons. The van der Waals surface area contributed by atoms with Crippen LogP contribution in [0.5, 0.6) is 5.75 Å². The van der Waals surface area contributed by atoms with E-state index in [1.165, 1.54) is 0 Å². The first-order valence-electron chi connectivity index (χ1n) is 3.26. The molecular formula is C8H11NO. The Kier molecular flexibility index (Phi) is 2.29. The number of benzene rings is 1. The van der Waals surface area contributed by atoms with Crippen LogP contribution in [-0.4, -0.2) is 6.23 Å². The number of para-hydroxylation sites is 1. The first-order chi connectivity index (χ1) is 4.79. The summed E-state index contributed by atoms with van der Waals surface area (Å²) < 4.78 is 5.19. The van der Waals surface area contributed by atoms with Gasteiger partial charge in [0, 0.05) is 0 Å². The van der Waals surface area contributed by atoms with Gasteiger partial charge in [-0.05, 0) is 19.1 Å². The van der Waals surface area contributed by atoms with Gasteiger partial charge in [-0.15, -0.1) is 0 Å². The normalized spacial score (nSPS) is 12.6. The summed E-state index contributed by atoms with van der Waals surface area (Å²) in [6.45, 7) is 1.80. The highest BCUT2D eigenvalue weighted by molar-refractivity contribution is 5.20. The molecule has 0 bridgehead atoms. The maximum Gasteiger partial charge on any atom is 0.144 e. The van der Waals surface area contributed by atoms with Crippen LogP contribution in [0.2, 0.25) is 0 Å². The number of nitrogens with two attached hydrogens (primary N) is 1. The average Bonchev–Trinajstić information content (AvgIpc) is 1.88. The van der Waals surface area contributed by atoms with Gasteiger partial charge in [-0.2, -0.15) is 0 Å². The minimum absolute atomic E-state index is 0.234. The SMILES string of the molecule is C[C@H](N)Oc1ccccc1. The summed E-state index contributed by atoms with van der Waals surface area (Å²) in [6, 6.07) is 9.52. The highest BCUT2D eigenvalue weighted by Gasteiger charge is 1.92. The lowest BCUT2D eigenvalue weighted by atomic mass is 10.3. The predicted molar refractivity (Wildman–Crippen MR) is 40.7 cm³/mol. The van der Waals surface area contributed by atoms with E-state index < -0.39 is 0 Å². The Balaban J connectivity index is 2.59. The van der Waals surface area contributed by atoms with E-state index in [0.29, 0.717) is 0 Å². The molecule has 0 saturated carbocycles. The van der Waals surface area contributed by atoms with Gasteiger partial charge in [-0.3, -0.25) is 5.73 Å². The van der Waals surface area contributed by atoms with Gasteiger partial charge in [0.2, 0.25) is 0 Å². The van der Waals surface area contributed by atoms with E-state index in [1.54, 1.807) is 6.92 Å². The van der Waals surface area contributed by atoms with E-state index in [0.717, 1.165) is 5.75 Å². The lowest BCUT2D eigenvalue weighted by Gasteiger charge is -2.07. The average molecular weight is 137 g/mol. The molecule has 1 aromatic carbocycles. The minimum Gasteiger partial charge on any atom is -0.476 e. The first-order valence-corrected chi connectivity index (χ1v) is 3.26. The van der Waals surface area contributed by atoms with Crippen molar-refractivity contribution in [1.29, 1.82) is 0 Å². The molecule has 0 aliphatic rings. The molecule has 10 heavy (non-hydrogen) atoms. The second-order valence-electron chi connectivity index (χ2n) is 2.14. The molecular weight excluding hydrogens is 126 g/mol. The van der Waals surface area contributed by atoms with Crippen LogP contribution in [0.25, 0.3) is 0 Å². The third-order valence-corrected chi connectivity index (χ3v) is 1.07. The van der Waals surface area contributed by atoms with Gasteiger partial charge in [-0.1, -0.05) is 18.2 Å². The van der Waals surface area contributed by atoms with Crippen LogP contribution in [0.1, 0.15) is 6.92 Å². The van der Waals surface area contributed by atoms with Crippen LogP contribution in [0.4, 0.5) is 0 Å². The zero-order chi connectivity index (χ0) is 7.40. The third kappa shape index (κ3) is 2.07. The molecule has 0 saturated heterocycles.